The number of alkyl carbamates (subject to hydrolysis) is 1. The third-order valence-electron chi connectivity index (χ3n) is 7.79. The number of fused-ring (bicyclic) bond motifs is 1. The van der Waals surface area contributed by atoms with E-state index in [-0.39, 0.29) is 27.4 Å². The van der Waals surface area contributed by atoms with Gasteiger partial charge in [-0.05, 0) is 79.4 Å². The van der Waals surface area contributed by atoms with Gasteiger partial charge < -0.3 is 29.7 Å². The summed E-state index contributed by atoms with van der Waals surface area (Å²) in [6.07, 6.45) is 1.78. The van der Waals surface area contributed by atoms with Crippen LogP contribution in [-0.4, -0.2) is 64.4 Å². The number of hydrogen-bond donors (Lipinski definition) is 3. The molecule has 2 unspecified atom stereocenters. The number of hydrogen-bond acceptors (Lipinski definition) is 11. The molecule has 274 valence electrons. The highest BCUT2D eigenvalue weighted by atomic mass is 32.1. The van der Waals surface area contributed by atoms with E-state index in [0.717, 1.165) is 17.7 Å². The zero-order valence-electron chi connectivity index (χ0n) is 29.6. The lowest BCUT2D eigenvalue weighted by atomic mass is 10.0. The van der Waals surface area contributed by atoms with Gasteiger partial charge >= 0.3 is 18.2 Å². The first-order valence-corrected chi connectivity index (χ1v) is 17.4. The largest absolute Gasteiger partial charge is 0.456 e. The molecule has 16 heteroatoms. The van der Waals surface area contributed by atoms with Crippen LogP contribution in [0.15, 0.2) is 24.4 Å². The zero-order valence-corrected chi connectivity index (χ0v) is 30.4. The highest BCUT2D eigenvalue weighted by Gasteiger charge is 2.35. The topological polar surface area (TPSA) is 161 Å². The molecule has 13 nitrogen and oxygen atoms in total. The van der Waals surface area contributed by atoms with Crippen molar-refractivity contribution in [2.45, 2.75) is 97.5 Å². The predicted molar refractivity (Wildman–Crippen MR) is 187 cm³/mol. The lowest BCUT2D eigenvalue weighted by molar-refractivity contribution is -0.146. The molecule has 1 saturated heterocycles. The number of thiazole rings is 1. The normalized spacial score (nSPS) is 17.3. The second-order valence-corrected chi connectivity index (χ2v) is 15.3. The smallest absolute Gasteiger partial charge is 0.412 e. The van der Waals surface area contributed by atoms with E-state index < -0.39 is 58.6 Å². The fraction of sp³-hybridized carbons (Fsp3) is 0.486. The first-order chi connectivity index (χ1) is 23.9. The average Bonchev–Trinajstić information content (AvgIpc) is 3.58. The van der Waals surface area contributed by atoms with Gasteiger partial charge in [-0.25, -0.2) is 23.4 Å². The second kappa shape index (κ2) is 14.8. The van der Waals surface area contributed by atoms with Crippen molar-refractivity contribution < 1.29 is 42.2 Å². The summed E-state index contributed by atoms with van der Waals surface area (Å²) < 4.78 is 46.0. The number of amides is 3. The lowest BCUT2D eigenvalue weighted by Crippen LogP contribution is -2.49. The number of piperidine rings is 1. The Balaban J connectivity index is 1.52. The molecular formula is C35H42F2N6O7S. The summed E-state index contributed by atoms with van der Waals surface area (Å²) in [6.45, 7) is 12.6. The van der Waals surface area contributed by atoms with Crippen molar-refractivity contribution in [3.63, 3.8) is 0 Å². The molecule has 3 heterocycles. The predicted octanol–water partition coefficient (Wildman–Crippen LogP) is 7.13. The molecule has 2 aromatic heterocycles. The Morgan fingerprint density at radius 2 is 1.63 bits per heavy atom. The van der Waals surface area contributed by atoms with Crippen LogP contribution in [-0.2, 0) is 25.4 Å². The molecule has 3 aromatic rings. The number of carbonyl (C=O) groups is 4. The van der Waals surface area contributed by atoms with Gasteiger partial charge in [0.2, 0.25) is 0 Å². The molecule has 0 saturated carbocycles. The molecular weight excluding hydrogens is 686 g/mol. The molecule has 1 aliphatic carbocycles. The number of nitrogens with one attached hydrogen (secondary N) is 3. The molecule has 51 heavy (non-hydrogen) atoms. The van der Waals surface area contributed by atoms with E-state index in [1.165, 1.54) is 19.2 Å². The summed E-state index contributed by atoms with van der Waals surface area (Å²) in [6, 6.07) is 3.05. The molecule has 2 aliphatic rings. The van der Waals surface area contributed by atoms with Gasteiger partial charge in [-0.3, -0.25) is 19.9 Å². The number of aromatic nitrogens is 2. The Kier molecular flexibility index (Phi) is 10.8. The number of nitrogens with zero attached hydrogens (tertiary/aromatic N) is 3. The van der Waals surface area contributed by atoms with Gasteiger partial charge in [0, 0.05) is 31.6 Å². The first kappa shape index (κ1) is 37.4. The van der Waals surface area contributed by atoms with Crippen LogP contribution in [0.5, 0.6) is 0 Å². The van der Waals surface area contributed by atoms with Gasteiger partial charge in [0.25, 0.3) is 5.91 Å². The second-order valence-electron chi connectivity index (χ2n) is 14.3. The summed E-state index contributed by atoms with van der Waals surface area (Å²) in [5.41, 5.74) is -0.103. The van der Waals surface area contributed by atoms with E-state index in [4.69, 9.17) is 14.2 Å². The Bertz CT molecular complexity index is 1820. The summed E-state index contributed by atoms with van der Waals surface area (Å²) in [7, 11) is 0. The molecule has 3 amide bonds. The minimum Gasteiger partial charge on any atom is -0.456 e. The van der Waals surface area contributed by atoms with Crippen LogP contribution in [0.2, 0.25) is 0 Å². The van der Waals surface area contributed by atoms with E-state index in [1.807, 2.05) is 4.90 Å². The van der Waals surface area contributed by atoms with Crippen LogP contribution in [0.4, 0.5) is 34.7 Å². The van der Waals surface area contributed by atoms with Gasteiger partial charge in [-0.15, -0.1) is 0 Å². The minimum absolute atomic E-state index is 0.0930. The summed E-state index contributed by atoms with van der Waals surface area (Å²) >= 11 is 0.712. The van der Waals surface area contributed by atoms with Crippen molar-refractivity contribution in [3.8, 4) is 10.6 Å². The van der Waals surface area contributed by atoms with E-state index in [9.17, 15) is 28.0 Å². The van der Waals surface area contributed by atoms with Crippen molar-refractivity contribution in [2.24, 2.45) is 0 Å². The summed E-state index contributed by atoms with van der Waals surface area (Å²) in [5, 5.41) is 8.03. The van der Waals surface area contributed by atoms with Crippen LogP contribution in [0.1, 0.15) is 95.6 Å². The zero-order chi connectivity index (χ0) is 37.2. The molecule has 0 spiro atoms. The number of esters is 1. The molecule has 1 fully saturated rings. The van der Waals surface area contributed by atoms with Crippen molar-refractivity contribution in [1.82, 2.24) is 15.3 Å². The third-order valence-corrected chi connectivity index (χ3v) is 8.78. The minimum atomic E-state index is -0.897. The molecule has 5 rings (SSSR count). The van der Waals surface area contributed by atoms with Crippen LogP contribution in [0.25, 0.3) is 10.6 Å². The van der Waals surface area contributed by atoms with Crippen molar-refractivity contribution in [1.29, 1.82) is 0 Å². The number of ether oxygens (including phenoxy) is 3. The number of halogens is 2. The Hall–Kier alpha value is -4.86. The maximum atomic E-state index is 14.8. The van der Waals surface area contributed by atoms with Crippen molar-refractivity contribution in [3.05, 3.63) is 53.0 Å². The van der Waals surface area contributed by atoms with Gasteiger partial charge in [0.05, 0.1) is 28.8 Å². The van der Waals surface area contributed by atoms with Crippen LogP contribution in [0.3, 0.4) is 0 Å². The van der Waals surface area contributed by atoms with Crippen molar-refractivity contribution in [2.75, 3.05) is 28.6 Å². The van der Waals surface area contributed by atoms with Crippen LogP contribution >= 0.6 is 11.3 Å². The number of pyridine rings is 1. The van der Waals surface area contributed by atoms with Gasteiger partial charge in [0.15, 0.2) is 5.69 Å². The molecule has 3 N–H and O–H groups in total. The first-order valence-electron chi connectivity index (χ1n) is 16.6. The fourth-order valence-corrected chi connectivity index (χ4v) is 6.98. The fourth-order valence-electron chi connectivity index (χ4n) is 5.98. The maximum Gasteiger partial charge on any atom is 0.412 e. The molecule has 0 bridgehead atoms. The quantitative estimate of drug-likeness (QED) is 0.169. The van der Waals surface area contributed by atoms with Crippen molar-refractivity contribution >= 4 is 51.8 Å². The number of anilines is 3. The highest BCUT2D eigenvalue weighted by molar-refractivity contribution is 7.19. The van der Waals surface area contributed by atoms with Gasteiger partial charge in [-0.1, -0.05) is 17.4 Å². The van der Waals surface area contributed by atoms with E-state index in [1.54, 1.807) is 41.5 Å². The number of benzene rings is 1. The number of carbonyl (C=O) groups excluding carboxylic acids is 4. The maximum absolute atomic E-state index is 14.8. The Morgan fingerprint density at radius 1 is 0.961 bits per heavy atom. The molecule has 0 radical (unpaired) electrons. The lowest BCUT2D eigenvalue weighted by Gasteiger charge is -2.37. The van der Waals surface area contributed by atoms with E-state index in [2.05, 4.69) is 25.9 Å². The monoisotopic (exact) mass is 728 g/mol. The van der Waals surface area contributed by atoms with Gasteiger partial charge in [-0.2, -0.15) is 0 Å². The van der Waals surface area contributed by atoms with E-state index in [0.29, 0.717) is 61.5 Å². The van der Waals surface area contributed by atoms with Crippen LogP contribution < -0.4 is 20.9 Å². The Morgan fingerprint density at radius 3 is 2.27 bits per heavy atom. The molecule has 1 aromatic carbocycles. The summed E-state index contributed by atoms with van der Waals surface area (Å²) in [4.78, 5) is 62.3. The van der Waals surface area contributed by atoms with Crippen LogP contribution in [0, 0.1) is 11.6 Å². The average molecular weight is 729 g/mol. The number of rotatable bonds is 7. The third kappa shape index (κ3) is 9.28. The SMILES string of the molecule is CC(=O)OC1CCc2c1ncc(NC(=O)c1nc(-c3c(F)cccc3F)sc1NC(=O)OC(C)(C)C)c2N1CCCC(NC(=O)OC(C)(C)C)C1. The standard InChI is InChI=1S/C35H42F2N6O7S/c1-18(44)48-24-14-13-20-26(24)38-16-23(28(20)43-15-9-10-19(17-43)39-32(46)49-34(2,3)4)40-29(45)27-31(42-33(47)50-35(5,6)7)51-30(41-27)25-21(36)11-8-12-22(25)37/h8,11-12,16,19,24H,9-10,13-15,17H2,1-7H3,(H,39,46)(H,40,45)(H,42,47). The van der Waals surface area contributed by atoms with E-state index >= 15 is 0 Å². The van der Waals surface area contributed by atoms with Gasteiger partial charge in [0.1, 0.15) is 38.9 Å². The molecule has 1 aliphatic heterocycles. The Labute approximate surface area is 298 Å². The highest BCUT2D eigenvalue weighted by Crippen LogP contribution is 2.43. The summed E-state index contributed by atoms with van der Waals surface area (Å²) in [5.74, 6) is -3.04. The molecule has 2 atom stereocenters.